The summed E-state index contributed by atoms with van der Waals surface area (Å²) in [5.41, 5.74) is 6.89. The smallest absolute Gasteiger partial charge is 0.243 e. The van der Waals surface area contributed by atoms with Crippen LogP contribution in [0.5, 0.6) is 0 Å². The van der Waals surface area contributed by atoms with E-state index in [0.29, 0.717) is 29.2 Å². The van der Waals surface area contributed by atoms with Crippen LogP contribution in [0, 0.1) is 6.92 Å². The highest BCUT2D eigenvalue weighted by Gasteiger charge is 2.24. The highest BCUT2D eigenvalue weighted by atomic mass is 32.2. The molecule has 0 aromatic heterocycles. The molecule has 0 saturated carbocycles. The molecule has 0 heterocycles. The number of hydrogen-bond donors (Lipinski definition) is 1. The number of anilines is 1. The predicted molar refractivity (Wildman–Crippen MR) is 70.3 cm³/mol. The fraction of sp³-hybridized carbons (Fsp3) is 0.500. The van der Waals surface area contributed by atoms with Gasteiger partial charge in [0, 0.05) is 18.8 Å². The first kappa shape index (κ1) is 14.0. The summed E-state index contributed by atoms with van der Waals surface area (Å²) in [6.45, 7) is 6.55. The molecule has 1 aromatic rings. The molecule has 0 unspecified atom stereocenters. The molecule has 5 heteroatoms. The standard InChI is InChI=1S/C12H20N2O2S/c1-4-9-14(5-2)17(15,16)12-8-6-7-11(13)10(12)3/h6-8H,4-5,9,13H2,1-3H3. The van der Waals surface area contributed by atoms with Gasteiger partial charge in [-0.05, 0) is 31.0 Å². The highest BCUT2D eigenvalue weighted by Crippen LogP contribution is 2.23. The van der Waals surface area contributed by atoms with Crippen molar-refractivity contribution in [2.45, 2.75) is 32.1 Å². The minimum atomic E-state index is -3.41. The van der Waals surface area contributed by atoms with Gasteiger partial charge in [0.05, 0.1) is 4.90 Å². The van der Waals surface area contributed by atoms with Crippen molar-refractivity contribution in [3.63, 3.8) is 0 Å². The van der Waals surface area contributed by atoms with Gasteiger partial charge >= 0.3 is 0 Å². The Morgan fingerprint density at radius 2 is 1.94 bits per heavy atom. The third-order valence-corrected chi connectivity index (χ3v) is 4.89. The average molecular weight is 256 g/mol. The van der Waals surface area contributed by atoms with Crippen LogP contribution >= 0.6 is 0 Å². The van der Waals surface area contributed by atoms with Crippen molar-refractivity contribution in [3.8, 4) is 0 Å². The lowest BCUT2D eigenvalue weighted by Crippen LogP contribution is -2.32. The molecule has 0 spiro atoms. The largest absolute Gasteiger partial charge is 0.398 e. The molecule has 0 fully saturated rings. The van der Waals surface area contributed by atoms with Crippen molar-refractivity contribution in [1.29, 1.82) is 0 Å². The summed E-state index contributed by atoms with van der Waals surface area (Å²) in [4.78, 5) is 0.313. The topological polar surface area (TPSA) is 63.4 Å². The number of nitrogens with two attached hydrogens (primary N) is 1. The molecular weight excluding hydrogens is 236 g/mol. The Labute approximate surface area is 103 Å². The normalized spacial score (nSPS) is 12.0. The molecule has 0 radical (unpaired) electrons. The summed E-state index contributed by atoms with van der Waals surface area (Å²) in [5, 5.41) is 0. The van der Waals surface area contributed by atoms with Crippen LogP contribution in [0.25, 0.3) is 0 Å². The molecule has 17 heavy (non-hydrogen) atoms. The molecule has 0 amide bonds. The first-order valence-electron chi connectivity index (χ1n) is 5.80. The lowest BCUT2D eigenvalue weighted by Gasteiger charge is -2.21. The predicted octanol–water partition coefficient (Wildman–Crippen LogP) is 2.00. The first-order valence-corrected chi connectivity index (χ1v) is 7.24. The van der Waals surface area contributed by atoms with Crippen molar-refractivity contribution in [3.05, 3.63) is 23.8 Å². The zero-order chi connectivity index (χ0) is 13.1. The summed E-state index contributed by atoms with van der Waals surface area (Å²) >= 11 is 0. The lowest BCUT2D eigenvalue weighted by molar-refractivity contribution is 0.427. The van der Waals surface area contributed by atoms with E-state index in [0.717, 1.165) is 6.42 Å². The number of benzene rings is 1. The molecule has 0 atom stereocenters. The number of nitrogens with zero attached hydrogens (tertiary/aromatic N) is 1. The minimum absolute atomic E-state index is 0.313. The Morgan fingerprint density at radius 1 is 1.29 bits per heavy atom. The van der Waals surface area contributed by atoms with Gasteiger partial charge in [-0.3, -0.25) is 0 Å². The summed E-state index contributed by atoms with van der Waals surface area (Å²) in [6, 6.07) is 5.00. The van der Waals surface area contributed by atoms with Crippen molar-refractivity contribution in [1.82, 2.24) is 4.31 Å². The second-order valence-corrected chi connectivity index (χ2v) is 5.87. The first-order chi connectivity index (χ1) is 7.95. The van der Waals surface area contributed by atoms with E-state index in [1.54, 1.807) is 25.1 Å². The number of rotatable bonds is 5. The average Bonchev–Trinajstić information content (AvgIpc) is 2.29. The summed E-state index contributed by atoms with van der Waals surface area (Å²) in [5.74, 6) is 0. The zero-order valence-electron chi connectivity index (χ0n) is 10.6. The molecule has 4 nitrogen and oxygen atoms in total. The van der Waals surface area contributed by atoms with Gasteiger partial charge in [0.1, 0.15) is 0 Å². The van der Waals surface area contributed by atoms with Crippen LogP contribution in [0.15, 0.2) is 23.1 Å². The van der Waals surface area contributed by atoms with E-state index in [1.807, 2.05) is 13.8 Å². The fourth-order valence-electron chi connectivity index (χ4n) is 1.75. The lowest BCUT2D eigenvalue weighted by atomic mass is 10.2. The Morgan fingerprint density at radius 3 is 2.47 bits per heavy atom. The van der Waals surface area contributed by atoms with E-state index in [-0.39, 0.29) is 0 Å². The molecule has 0 aliphatic carbocycles. The van der Waals surface area contributed by atoms with Gasteiger partial charge in [0.2, 0.25) is 10.0 Å². The van der Waals surface area contributed by atoms with Crippen molar-refractivity contribution in [2.24, 2.45) is 0 Å². The maximum atomic E-state index is 12.4. The van der Waals surface area contributed by atoms with Crippen LogP contribution < -0.4 is 5.73 Å². The van der Waals surface area contributed by atoms with Crippen LogP contribution in [0.2, 0.25) is 0 Å². The Balaban J connectivity index is 3.25. The molecule has 1 aromatic carbocycles. The van der Waals surface area contributed by atoms with Crippen LogP contribution in [-0.2, 0) is 10.0 Å². The van der Waals surface area contributed by atoms with E-state index in [1.165, 1.54) is 4.31 Å². The Kier molecular flexibility index (Phi) is 4.54. The highest BCUT2D eigenvalue weighted by molar-refractivity contribution is 7.89. The van der Waals surface area contributed by atoms with E-state index >= 15 is 0 Å². The maximum absolute atomic E-state index is 12.4. The zero-order valence-corrected chi connectivity index (χ0v) is 11.4. The van der Waals surface area contributed by atoms with Crippen LogP contribution in [0.4, 0.5) is 5.69 Å². The fourth-order valence-corrected chi connectivity index (χ4v) is 3.54. The van der Waals surface area contributed by atoms with Crippen LogP contribution in [0.1, 0.15) is 25.8 Å². The van der Waals surface area contributed by atoms with Crippen LogP contribution in [0.3, 0.4) is 0 Å². The van der Waals surface area contributed by atoms with Gasteiger partial charge in [-0.1, -0.05) is 19.9 Å². The van der Waals surface area contributed by atoms with E-state index in [9.17, 15) is 8.42 Å². The third kappa shape index (κ3) is 2.79. The molecule has 0 aliphatic rings. The Hall–Kier alpha value is -1.07. The molecule has 96 valence electrons. The van der Waals surface area contributed by atoms with Crippen molar-refractivity contribution < 1.29 is 8.42 Å². The molecular formula is C12H20N2O2S. The summed E-state index contributed by atoms with van der Waals surface area (Å²) < 4.78 is 26.3. The quantitative estimate of drug-likeness (QED) is 0.819. The molecule has 0 bridgehead atoms. The Bertz CT molecular complexity index is 483. The summed E-state index contributed by atoms with van der Waals surface area (Å²) in [6.07, 6.45) is 0.800. The second-order valence-electron chi connectivity index (χ2n) is 3.97. The number of hydrogen-bond acceptors (Lipinski definition) is 3. The van der Waals surface area contributed by atoms with Gasteiger partial charge < -0.3 is 5.73 Å². The van der Waals surface area contributed by atoms with Crippen LogP contribution in [-0.4, -0.2) is 25.8 Å². The summed E-state index contributed by atoms with van der Waals surface area (Å²) in [7, 11) is -3.41. The molecule has 0 saturated heterocycles. The van der Waals surface area contributed by atoms with E-state index in [2.05, 4.69) is 0 Å². The van der Waals surface area contributed by atoms with Gasteiger partial charge in [0.25, 0.3) is 0 Å². The number of nitrogen functional groups attached to an aromatic ring is 1. The maximum Gasteiger partial charge on any atom is 0.243 e. The third-order valence-electron chi connectivity index (χ3n) is 2.77. The number of sulfonamides is 1. The van der Waals surface area contributed by atoms with E-state index in [4.69, 9.17) is 5.73 Å². The van der Waals surface area contributed by atoms with Crippen molar-refractivity contribution >= 4 is 15.7 Å². The van der Waals surface area contributed by atoms with E-state index < -0.39 is 10.0 Å². The SMILES string of the molecule is CCCN(CC)S(=O)(=O)c1cccc(N)c1C. The van der Waals surface area contributed by atoms with Gasteiger partial charge in [-0.2, -0.15) is 4.31 Å². The molecule has 1 rings (SSSR count). The van der Waals surface area contributed by atoms with Gasteiger partial charge in [-0.25, -0.2) is 8.42 Å². The van der Waals surface area contributed by atoms with Crippen molar-refractivity contribution in [2.75, 3.05) is 18.8 Å². The van der Waals surface area contributed by atoms with Gasteiger partial charge in [-0.15, -0.1) is 0 Å². The monoisotopic (exact) mass is 256 g/mol. The van der Waals surface area contributed by atoms with Gasteiger partial charge in [0.15, 0.2) is 0 Å². The molecule has 0 aliphatic heterocycles. The second kappa shape index (κ2) is 5.51. The minimum Gasteiger partial charge on any atom is -0.398 e. The molecule has 2 N–H and O–H groups in total.